The fourth-order valence-corrected chi connectivity index (χ4v) is 3.24. The SMILES string of the molecule is CP(c1ccccc1)c1ccc(Br)cc1. The molecule has 0 aliphatic rings. The van der Waals surface area contributed by atoms with Gasteiger partial charge in [-0.2, -0.15) is 0 Å². The first-order valence-electron chi connectivity index (χ1n) is 4.82. The summed E-state index contributed by atoms with van der Waals surface area (Å²) in [6, 6.07) is 19.3. The Bertz CT molecular complexity index is 422. The van der Waals surface area contributed by atoms with Crippen LogP contribution in [-0.4, -0.2) is 6.66 Å². The molecule has 0 radical (unpaired) electrons. The Morgan fingerprint density at radius 2 is 1.33 bits per heavy atom. The maximum atomic E-state index is 3.46. The van der Waals surface area contributed by atoms with E-state index in [0.29, 0.717) is 0 Å². The van der Waals surface area contributed by atoms with Crippen LogP contribution in [0.1, 0.15) is 0 Å². The van der Waals surface area contributed by atoms with Gasteiger partial charge in [-0.15, -0.1) is 0 Å². The zero-order chi connectivity index (χ0) is 10.7. The quantitative estimate of drug-likeness (QED) is 0.738. The lowest BCUT2D eigenvalue weighted by Crippen LogP contribution is -2.09. The van der Waals surface area contributed by atoms with Gasteiger partial charge in [0.2, 0.25) is 0 Å². The van der Waals surface area contributed by atoms with Crippen molar-refractivity contribution < 1.29 is 0 Å². The van der Waals surface area contributed by atoms with Gasteiger partial charge >= 0.3 is 0 Å². The zero-order valence-corrected chi connectivity index (χ0v) is 11.0. The van der Waals surface area contributed by atoms with Crippen LogP contribution < -0.4 is 10.6 Å². The molecule has 15 heavy (non-hydrogen) atoms. The summed E-state index contributed by atoms with van der Waals surface area (Å²) in [5, 5.41) is 2.84. The molecule has 2 aromatic carbocycles. The number of hydrogen-bond acceptors (Lipinski definition) is 0. The van der Waals surface area contributed by atoms with Crippen molar-refractivity contribution in [3.8, 4) is 0 Å². The second-order valence-corrected chi connectivity index (χ2v) is 6.44. The molecule has 2 aromatic rings. The number of rotatable bonds is 2. The van der Waals surface area contributed by atoms with Crippen LogP contribution in [0.15, 0.2) is 59.1 Å². The molecule has 0 saturated heterocycles. The van der Waals surface area contributed by atoms with Crippen molar-refractivity contribution in [2.45, 2.75) is 0 Å². The maximum absolute atomic E-state index is 3.46. The van der Waals surface area contributed by atoms with Crippen LogP contribution in [0.5, 0.6) is 0 Å². The van der Waals surface area contributed by atoms with Gasteiger partial charge < -0.3 is 0 Å². The van der Waals surface area contributed by atoms with Crippen molar-refractivity contribution in [1.29, 1.82) is 0 Å². The van der Waals surface area contributed by atoms with E-state index in [1.807, 2.05) is 0 Å². The average molecular weight is 279 g/mol. The molecule has 0 amide bonds. The summed E-state index contributed by atoms with van der Waals surface area (Å²) in [5.41, 5.74) is 0. The van der Waals surface area contributed by atoms with E-state index < -0.39 is 0 Å². The highest BCUT2D eigenvalue weighted by molar-refractivity contribution is 9.10. The minimum Gasteiger partial charge on any atom is -0.0622 e. The molecule has 0 N–H and O–H groups in total. The molecule has 76 valence electrons. The van der Waals surface area contributed by atoms with Crippen LogP contribution in [0, 0.1) is 0 Å². The molecule has 2 rings (SSSR count). The summed E-state index contributed by atoms with van der Waals surface area (Å²) >= 11 is 3.46. The van der Waals surface area contributed by atoms with Crippen LogP contribution in [0.25, 0.3) is 0 Å². The van der Waals surface area contributed by atoms with Crippen molar-refractivity contribution in [2.24, 2.45) is 0 Å². The van der Waals surface area contributed by atoms with E-state index in [9.17, 15) is 0 Å². The van der Waals surface area contributed by atoms with Crippen molar-refractivity contribution in [3.63, 3.8) is 0 Å². The van der Waals surface area contributed by atoms with E-state index in [-0.39, 0.29) is 7.92 Å². The number of halogens is 1. The van der Waals surface area contributed by atoms with E-state index in [0.717, 1.165) is 4.47 Å². The number of hydrogen-bond donors (Lipinski definition) is 0. The van der Waals surface area contributed by atoms with Crippen molar-refractivity contribution in [3.05, 3.63) is 59.1 Å². The average Bonchev–Trinajstić information content (AvgIpc) is 2.30. The van der Waals surface area contributed by atoms with Gasteiger partial charge in [-0.1, -0.05) is 58.4 Å². The lowest BCUT2D eigenvalue weighted by molar-refractivity contribution is 1.69. The molecule has 0 nitrogen and oxygen atoms in total. The standard InChI is InChI=1S/C13H12BrP/c1-15(12-5-3-2-4-6-12)13-9-7-11(14)8-10-13/h2-10H,1H3. The first-order valence-corrected chi connectivity index (χ1v) is 7.40. The Hall–Kier alpha value is -0.650. The van der Waals surface area contributed by atoms with Gasteiger partial charge in [0.1, 0.15) is 0 Å². The third-order valence-electron chi connectivity index (χ3n) is 2.36. The second kappa shape index (κ2) is 4.92. The molecule has 2 heteroatoms. The second-order valence-electron chi connectivity index (χ2n) is 3.37. The van der Waals surface area contributed by atoms with Crippen LogP contribution in [0.4, 0.5) is 0 Å². The molecular formula is C13H12BrP. The van der Waals surface area contributed by atoms with Crippen LogP contribution >= 0.6 is 23.9 Å². The molecule has 0 saturated carbocycles. The highest BCUT2D eigenvalue weighted by Gasteiger charge is 2.06. The third kappa shape index (κ3) is 2.68. The summed E-state index contributed by atoms with van der Waals surface area (Å²) in [6.07, 6.45) is 0. The minimum atomic E-state index is -0.204. The van der Waals surface area contributed by atoms with Crippen molar-refractivity contribution >= 4 is 34.5 Å². The van der Waals surface area contributed by atoms with Gasteiger partial charge in [0.15, 0.2) is 0 Å². The predicted molar refractivity (Wildman–Crippen MR) is 72.7 cm³/mol. The molecular weight excluding hydrogens is 267 g/mol. The molecule has 0 fully saturated rings. The highest BCUT2D eigenvalue weighted by atomic mass is 79.9. The Labute approximate surface area is 100 Å². The number of benzene rings is 2. The van der Waals surface area contributed by atoms with Crippen molar-refractivity contribution in [1.82, 2.24) is 0 Å². The molecule has 0 spiro atoms. The minimum absolute atomic E-state index is 0.204. The fourth-order valence-electron chi connectivity index (χ4n) is 1.47. The normalized spacial score (nSPS) is 12.4. The van der Waals surface area contributed by atoms with Gasteiger partial charge in [-0.25, -0.2) is 0 Å². The van der Waals surface area contributed by atoms with E-state index in [1.54, 1.807) is 0 Å². The summed E-state index contributed by atoms with van der Waals surface area (Å²) in [7, 11) is -0.204. The Morgan fingerprint density at radius 1 is 0.800 bits per heavy atom. The topological polar surface area (TPSA) is 0 Å². The first-order chi connectivity index (χ1) is 7.27. The molecule has 0 aliphatic heterocycles. The van der Waals surface area contributed by atoms with Gasteiger partial charge in [0.05, 0.1) is 0 Å². The van der Waals surface area contributed by atoms with Gasteiger partial charge in [0, 0.05) is 4.47 Å². The third-order valence-corrected chi connectivity index (χ3v) is 5.03. The van der Waals surface area contributed by atoms with Gasteiger partial charge in [0.25, 0.3) is 0 Å². The predicted octanol–water partition coefficient (Wildman–Crippen LogP) is 3.51. The zero-order valence-electron chi connectivity index (χ0n) is 8.52. The molecule has 1 atom stereocenters. The van der Waals surface area contributed by atoms with Crippen LogP contribution in [0.2, 0.25) is 0 Å². The monoisotopic (exact) mass is 278 g/mol. The fraction of sp³-hybridized carbons (Fsp3) is 0.0769. The summed E-state index contributed by atoms with van der Waals surface area (Å²) < 4.78 is 1.14. The Kier molecular flexibility index (Phi) is 3.56. The Morgan fingerprint density at radius 3 is 1.93 bits per heavy atom. The summed E-state index contributed by atoms with van der Waals surface area (Å²) in [5.74, 6) is 0. The van der Waals surface area contributed by atoms with Gasteiger partial charge in [-0.3, -0.25) is 0 Å². The van der Waals surface area contributed by atoms with Crippen LogP contribution in [0.3, 0.4) is 0 Å². The maximum Gasteiger partial charge on any atom is 0.0175 e. The van der Waals surface area contributed by atoms with E-state index in [4.69, 9.17) is 0 Å². The first kappa shape index (κ1) is 10.9. The Balaban J connectivity index is 2.29. The molecule has 0 aromatic heterocycles. The molecule has 0 bridgehead atoms. The summed E-state index contributed by atoms with van der Waals surface area (Å²) in [6.45, 7) is 2.30. The highest BCUT2D eigenvalue weighted by Crippen LogP contribution is 2.28. The van der Waals surface area contributed by atoms with E-state index in [2.05, 4.69) is 77.2 Å². The largest absolute Gasteiger partial charge is 0.0622 e. The lowest BCUT2D eigenvalue weighted by atomic mass is 10.4. The van der Waals surface area contributed by atoms with Crippen molar-refractivity contribution in [2.75, 3.05) is 6.66 Å². The van der Waals surface area contributed by atoms with Gasteiger partial charge in [-0.05, 0) is 37.3 Å². The molecule has 1 unspecified atom stereocenters. The molecule has 0 heterocycles. The van der Waals surface area contributed by atoms with Crippen LogP contribution in [-0.2, 0) is 0 Å². The smallest absolute Gasteiger partial charge is 0.0175 e. The van der Waals surface area contributed by atoms with E-state index >= 15 is 0 Å². The lowest BCUT2D eigenvalue weighted by Gasteiger charge is -2.12. The molecule has 0 aliphatic carbocycles. The summed E-state index contributed by atoms with van der Waals surface area (Å²) in [4.78, 5) is 0. The van der Waals surface area contributed by atoms with E-state index in [1.165, 1.54) is 10.6 Å².